The average molecular weight is 307 g/mol. The summed E-state index contributed by atoms with van der Waals surface area (Å²) in [6.07, 6.45) is -1.13. The predicted molar refractivity (Wildman–Crippen MR) is 68.7 cm³/mol. The van der Waals surface area contributed by atoms with Crippen LogP contribution in [0.2, 0.25) is 0 Å². The number of hydrogen-bond acceptors (Lipinski definition) is 7. The SMILES string of the molecule is O=C(O)CN(CCO[C@@H]1CC[C@H](O)[C@@H](CO)O1)CC(=O)O. The van der Waals surface area contributed by atoms with E-state index in [2.05, 4.69) is 0 Å². The Kier molecular flexibility index (Phi) is 7.54. The largest absolute Gasteiger partial charge is 0.480 e. The Balaban J connectivity index is 2.32. The van der Waals surface area contributed by atoms with Gasteiger partial charge in [-0.2, -0.15) is 0 Å². The predicted octanol–water partition coefficient (Wildman–Crippen LogP) is -1.67. The Bertz CT molecular complexity index is 334. The zero-order valence-electron chi connectivity index (χ0n) is 11.6. The maximum Gasteiger partial charge on any atom is 0.317 e. The summed E-state index contributed by atoms with van der Waals surface area (Å²) in [7, 11) is 0. The van der Waals surface area contributed by atoms with Gasteiger partial charge in [0.15, 0.2) is 6.29 Å². The van der Waals surface area contributed by atoms with Crippen molar-refractivity contribution in [1.29, 1.82) is 0 Å². The normalized spacial score (nSPS) is 26.0. The molecule has 1 aliphatic heterocycles. The van der Waals surface area contributed by atoms with Gasteiger partial charge in [-0.25, -0.2) is 0 Å². The fourth-order valence-electron chi connectivity index (χ4n) is 2.04. The van der Waals surface area contributed by atoms with Gasteiger partial charge in [0.05, 0.1) is 32.4 Å². The van der Waals surface area contributed by atoms with E-state index < -0.39 is 30.4 Å². The van der Waals surface area contributed by atoms with Gasteiger partial charge >= 0.3 is 11.9 Å². The van der Waals surface area contributed by atoms with E-state index in [4.69, 9.17) is 24.8 Å². The van der Waals surface area contributed by atoms with Gasteiger partial charge < -0.3 is 29.9 Å². The van der Waals surface area contributed by atoms with Crippen molar-refractivity contribution in [3.05, 3.63) is 0 Å². The number of aliphatic hydroxyl groups is 2. The summed E-state index contributed by atoms with van der Waals surface area (Å²) < 4.78 is 10.7. The quantitative estimate of drug-likeness (QED) is 0.394. The molecule has 0 spiro atoms. The van der Waals surface area contributed by atoms with Gasteiger partial charge in [-0.15, -0.1) is 0 Å². The molecule has 4 N–H and O–H groups in total. The van der Waals surface area contributed by atoms with E-state index in [0.717, 1.165) is 0 Å². The van der Waals surface area contributed by atoms with Crippen molar-refractivity contribution in [2.24, 2.45) is 0 Å². The highest BCUT2D eigenvalue weighted by Crippen LogP contribution is 2.20. The van der Waals surface area contributed by atoms with Crippen LogP contribution in [-0.2, 0) is 19.1 Å². The molecule has 9 nitrogen and oxygen atoms in total. The molecule has 1 saturated heterocycles. The molecule has 0 radical (unpaired) electrons. The first-order chi connectivity index (χ1) is 9.92. The van der Waals surface area contributed by atoms with Crippen LogP contribution in [0.3, 0.4) is 0 Å². The van der Waals surface area contributed by atoms with Crippen LogP contribution >= 0.6 is 0 Å². The molecule has 0 bridgehead atoms. The van der Waals surface area contributed by atoms with E-state index in [0.29, 0.717) is 12.8 Å². The molecule has 21 heavy (non-hydrogen) atoms. The monoisotopic (exact) mass is 307 g/mol. The third kappa shape index (κ3) is 6.82. The van der Waals surface area contributed by atoms with E-state index in [1.54, 1.807) is 0 Å². The lowest BCUT2D eigenvalue weighted by molar-refractivity contribution is -0.230. The Hall–Kier alpha value is -1.26. The smallest absolute Gasteiger partial charge is 0.317 e. The van der Waals surface area contributed by atoms with E-state index in [9.17, 15) is 14.7 Å². The van der Waals surface area contributed by atoms with Crippen LogP contribution < -0.4 is 0 Å². The van der Waals surface area contributed by atoms with Gasteiger partial charge in [0.25, 0.3) is 0 Å². The molecular formula is C12H21NO8. The summed E-state index contributed by atoms with van der Waals surface area (Å²) in [6, 6.07) is 0. The van der Waals surface area contributed by atoms with Crippen LogP contribution in [0.15, 0.2) is 0 Å². The van der Waals surface area contributed by atoms with Gasteiger partial charge in [-0.05, 0) is 6.42 Å². The van der Waals surface area contributed by atoms with Gasteiger partial charge in [0.1, 0.15) is 6.10 Å². The molecule has 0 unspecified atom stereocenters. The summed E-state index contributed by atoms with van der Waals surface area (Å²) in [5.74, 6) is -2.23. The third-order valence-corrected chi connectivity index (χ3v) is 3.06. The molecular weight excluding hydrogens is 286 g/mol. The van der Waals surface area contributed by atoms with Gasteiger partial charge in [0, 0.05) is 13.0 Å². The molecule has 1 rings (SSSR count). The molecule has 0 aliphatic carbocycles. The number of aliphatic carboxylic acids is 2. The number of carboxylic acid groups (broad SMARTS) is 2. The summed E-state index contributed by atoms with van der Waals surface area (Å²) in [5, 5.41) is 35.9. The van der Waals surface area contributed by atoms with Crippen molar-refractivity contribution >= 4 is 11.9 Å². The average Bonchev–Trinajstić information content (AvgIpc) is 2.39. The molecule has 0 amide bonds. The highest BCUT2D eigenvalue weighted by atomic mass is 16.7. The third-order valence-electron chi connectivity index (χ3n) is 3.06. The van der Waals surface area contributed by atoms with Crippen LogP contribution in [0.1, 0.15) is 12.8 Å². The number of carbonyl (C=O) groups is 2. The van der Waals surface area contributed by atoms with E-state index >= 15 is 0 Å². The Morgan fingerprint density at radius 1 is 1.19 bits per heavy atom. The Labute approximate surface area is 121 Å². The summed E-state index contributed by atoms with van der Waals surface area (Å²) in [5.41, 5.74) is 0. The van der Waals surface area contributed by atoms with Gasteiger partial charge in [0.2, 0.25) is 0 Å². The number of carboxylic acids is 2. The molecule has 1 heterocycles. The zero-order chi connectivity index (χ0) is 15.8. The van der Waals surface area contributed by atoms with Crippen LogP contribution in [0.4, 0.5) is 0 Å². The minimum atomic E-state index is -1.12. The van der Waals surface area contributed by atoms with E-state index in [1.165, 1.54) is 4.90 Å². The molecule has 0 aromatic carbocycles. The van der Waals surface area contributed by atoms with E-state index in [-0.39, 0.29) is 32.8 Å². The maximum atomic E-state index is 10.6. The topological polar surface area (TPSA) is 137 Å². The van der Waals surface area contributed by atoms with Crippen molar-refractivity contribution in [3.63, 3.8) is 0 Å². The van der Waals surface area contributed by atoms with Gasteiger partial charge in [-0.1, -0.05) is 0 Å². The molecule has 3 atom stereocenters. The lowest BCUT2D eigenvalue weighted by Crippen LogP contribution is -2.43. The van der Waals surface area contributed by atoms with E-state index in [1.807, 2.05) is 0 Å². The minimum Gasteiger partial charge on any atom is -0.480 e. The number of hydrogen-bond donors (Lipinski definition) is 4. The van der Waals surface area contributed by atoms with Crippen LogP contribution in [0.5, 0.6) is 0 Å². The molecule has 122 valence electrons. The number of ether oxygens (including phenoxy) is 2. The second-order valence-corrected chi connectivity index (χ2v) is 4.80. The standard InChI is InChI=1S/C12H21NO8/c14-7-9-8(15)1-2-12(21-9)20-4-3-13(5-10(16)17)6-11(18)19/h8-9,12,14-15H,1-7H2,(H,16,17)(H,18,19)/t8-,9+,12-/m0/s1. The van der Waals surface area contributed by atoms with Crippen LogP contribution in [0.25, 0.3) is 0 Å². The zero-order valence-corrected chi connectivity index (χ0v) is 11.6. The first-order valence-electron chi connectivity index (χ1n) is 6.64. The summed E-state index contributed by atoms with van der Waals surface area (Å²) in [4.78, 5) is 22.5. The molecule has 1 fully saturated rings. The second-order valence-electron chi connectivity index (χ2n) is 4.80. The fourth-order valence-corrected chi connectivity index (χ4v) is 2.04. The molecule has 1 aliphatic rings. The lowest BCUT2D eigenvalue weighted by atomic mass is 10.1. The number of nitrogens with zero attached hydrogens (tertiary/aromatic N) is 1. The van der Waals surface area contributed by atoms with Crippen molar-refractivity contribution in [2.75, 3.05) is 32.8 Å². The minimum absolute atomic E-state index is 0.0967. The van der Waals surface area contributed by atoms with Crippen molar-refractivity contribution in [3.8, 4) is 0 Å². The molecule has 9 heteroatoms. The number of aliphatic hydroxyl groups excluding tert-OH is 2. The second kappa shape index (κ2) is 8.90. The molecule has 0 saturated carbocycles. The van der Waals surface area contributed by atoms with Crippen molar-refractivity contribution < 1.29 is 39.5 Å². The molecule has 0 aromatic heterocycles. The summed E-state index contributed by atoms with van der Waals surface area (Å²) in [6.45, 7) is -0.867. The summed E-state index contributed by atoms with van der Waals surface area (Å²) >= 11 is 0. The first-order valence-corrected chi connectivity index (χ1v) is 6.64. The van der Waals surface area contributed by atoms with Crippen LogP contribution in [-0.4, -0.2) is 88.6 Å². The highest BCUT2D eigenvalue weighted by molar-refractivity contribution is 5.72. The maximum absolute atomic E-state index is 10.6. The highest BCUT2D eigenvalue weighted by Gasteiger charge is 2.29. The van der Waals surface area contributed by atoms with Crippen LogP contribution in [0, 0.1) is 0 Å². The Morgan fingerprint density at radius 3 is 2.33 bits per heavy atom. The van der Waals surface area contributed by atoms with Crippen molar-refractivity contribution in [1.82, 2.24) is 4.90 Å². The van der Waals surface area contributed by atoms with Crippen molar-refractivity contribution in [2.45, 2.75) is 31.3 Å². The fraction of sp³-hybridized carbons (Fsp3) is 0.833. The van der Waals surface area contributed by atoms with Gasteiger partial charge in [-0.3, -0.25) is 14.5 Å². The first kappa shape index (κ1) is 17.8. The Morgan fingerprint density at radius 2 is 1.81 bits per heavy atom. The number of rotatable bonds is 9. The lowest BCUT2D eigenvalue weighted by Gasteiger charge is -2.33. The molecule has 0 aromatic rings.